The molecular formula is C19H31N5O2. The molecule has 0 aromatic heterocycles. The molecule has 4 N–H and O–H groups in total. The number of hydrogen-bond acceptors (Lipinski definition) is 3. The topological polar surface area (TPSA) is 94.6 Å². The number of nitrogens with one attached hydrogen (secondary N) is 4. The van der Waals surface area contributed by atoms with Gasteiger partial charge in [-0.1, -0.05) is 26.0 Å². The Morgan fingerprint density at radius 3 is 2.19 bits per heavy atom. The Hall–Kier alpha value is -2.57. The third-order valence-corrected chi connectivity index (χ3v) is 3.36. The van der Waals surface area contributed by atoms with Gasteiger partial charge < -0.3 is 21.3 Å². The molecule has 0 aliphatic carbocycles. The van der Waals surface area contributed by atoms with Crippen molar-refractivity contribution in [3.8, 4) is 0 Å². The maximum Gasteiger partial charge on any atom is 0.239 e. The predicted octanol–water partition coefficient (Wildman–Crippen LogP) is 1.86. The third-order valence-electron chi connectivity index (χ3n) is 3.36. The Balaban J connectivity index is 2.46. The molecule has 0 unspecified atom stereocenters. The van der Waals surface area contributed by atoms with Gasteiger partial charge in [0.25, 0.3) is 0 Å². The lowest BCUT2D eigenvalue weighted by Gasteiger charge is -2.21. The van der Waals surface area contributed by atoms with Crippen molar-refractivity contribution in [1.82, 2.24) is 16.0 Å². The summed E-state index contributed by atoms with van der Waals surface area (Å²) in [5, 5.41) is 11.9. The summed E-state index contributed by atoms with van der Waals surface area (Å²) in [4.78, 5) is 27.6. The van der Waals surface area contributed by atoms with Crippen LogP contribution in [-0.2, 0) is 16.1 Å². The van der Waals surface area contributed by atoms with Gasteiger partial charge >= 0.3 is 0 Å². The molecule has 0 aliphatic heterocycles. The number of aliphatic imine (C=N–C) groups is 1. The van der Waals surface area contributed by atoms with Crippen LogP contribution < -0.4 is 21.3 Å². The molecule has 7 nitrogen and oxygen atoms in total. The number of guanidine groups is 1. The van der Waals surface area contributed by atoms with E-state index in [1.807, 2.05) is 58.9 Å². The van der Waals surface area contributed by atoms with Crippen molar-refractivity contribution < 1.29 is 9.59 Å². The molecule has 0 aliphatic rings. The Morgan fingerprint density at radius 1 is 1.08 bits per heavy atom. The van der Waals surface area contributed by atoms with E-state index in [1.165, 1.54) is 0 Å². The molecular weight excluding hydrogens is 330 g/mol. The molecule has 144 valence electrons. The summed E-state index contributed by atoms with van der Waals surface area (Å²) < 4.78 is 0. The number of carbonyl (C=O) groups excluding carboxylic acids is 2. The van der Waals surface area contributed by atoms with Crippen LogP contribution in [0.25, 0.3) is 0 Å². The highest BCUT2D eigenvalue weighted by molar-refractivity contribution is 5.92. The van der Waals surface area contributed by atoms with Gasteiger partial charge in [0.1, 0.15) is 0 Å². The van der Waals surface area contributed by atoms with E-state index in [2.05, 4.69) is 26.3 Å². The predicted molar refractivity (Wildman–Crippen MR) is 106 cm³/mol. The van der Waals surface area contributed by atoms with Crippen LogP contribution in [-0.4, -0.2) is 36.9 Å². The molecule has 0 atom stereocenters. The average Bonchev–Trinajstić information content (AvgIpc) is 2.54. The van der Waals surface area contributed by atoms with Crippen molar-refractivity contribution >= 4 is 23.5 Å². The zero-order valence-corrected chi connectivity index (χ0v) is 16.6. The smallest absolute Gasteiger partial charge is 0.239 e. The fourth-order valence-electron chi connectivity index (χ4n) is 2.03. The highest BCUT2D eigenvalue weighted by Crippen LogP contribution is 2.10. The van der Waals surface area contributed by atoms with Crippen molar-refractivity contribution in [3.63, 3.8) is 0 Å². The highest BCUT2D eigenvalue weighted by Gasteiger charge is 2.13. The monoisotopic (exact) mass is 361 g/mol. The molecule has 2 amide bonds. The third kappa shape index (κ3) is 8.50. The van der Waals surface area contributed by atoms with Crippen molar-refractivity contribution in [3.05, 3.63) is 29.8 Å². The molecule has 0 spiro atoms. The minimum Gasteiger partial charge on any atom is -0.352 e. The summed E-state index contributed by atoms with van der Waals surface area (Å²) in [5.74, 6) is 0.396. The van der Waals surface area contributed by atoms with Gasteiger partial charge in [-0.15, -0.1) is 0 Å². The summed E-state index contributed by atoms with van der Waals surface area (Å²) >= 11 is 0. The number of benzene rings is 1. The minimum absolute atomic E-state index is 0.00555. The van der Waals surface area contributed by atoms with Crippen LogP contribution >= 0.6 is 0 Å². The van der Waals surface area contributed by atoms with Gasteiger partial charge in [-0.05, 0) is 38.5 Å². The fraction of sp³-hybridized carbons (Fsp3) is 0.526. The molecule has 1 rings (SSSR count). The molecule has 1 aromatic rings. The minimum atomic E-state index is -0.261. The number of anilines is 1. The summed E-state index contributed by atoms with van der Waals surface area (Å²) in [5.41, 5.74) is 1.55. The maximum atomic E-state index is 11.8. The summed E-state index contributed by atoms with van der Waals surface area (Å²) in [6.45, 7) is 10.2. The van der Waals surface area contributed by atoms with Crippen LogP contribution in [0.3, 0.4) is 0 Å². The lowest BCUT2D eigenvalue weighted by molar-refractivity contribution is -0.121. The average molecular weight is 361 g/mol. The Morgan fingerprint density at radius 2 is 1.69 bits per heavy atom. The number of carbonyl (C=O) groups is 2. The second-order valence-corrected chi connectivity index (χ2v) is 7.42. The molecule has 0 radical (unpaired) electrons. The largest absolute Gasteiger partial charge is 0.352 e. The van der Waals surface area contributed by atoms with Crippen LogP contribution in [0.5, 0.6) is 0 Å². The van der Waals surface area contributed by atoms with E-state index in [4.69, 9.17) is 0 Å². The van der Waals surface area contributed by atoms with Crippen LogP contribution in [0.2, 0.25) is 0 Å². The highest BCUT2D eigenvalue weighted by atomic mass is 16.2. The van der Waals surface area contributed by atoms with Gasteiger partial charge in [0, 0.05) is 30.7 Å². The lowest BCUT2D eigenvalue weighted by Crippen LogP contribution is -2.48. The van der Waals surface area contributed by atoms with Gasteiger partial charge in [0.2, 0.25) is 11.8 Å². The van der Waals surface area contributed by atoms with E-state index < -0.39 is 0 Å². The Bertz CT molecular complexity index is 630. The molecule has 26 heavy (non-hydrogen) atoms. The number of hydrogen-bond donors (Lipinski definition) is 4. The normalized spacial score (nSPS) is 11.9. The number of rotatable bonds is 6. The van der Waals surface area contributed by atoms with Crippen LogP contribution in [0.15, 0.2) is 29.3 Å². The Kier molecular flexibility index (Phi) is 8.09. The lowest BCUT2D eigenvalue weighted by atomic mass is 10.1. The van der Waals surface area contributed by atoms with Gasteiger partial charge in [-0.3, -0.25) is 14.6 Å². The van der Waals surface area contributed by atoms with Gasteiger partial charge in [-0.2, -0.15) is 0 Å². The molecule has 1 aromatic carbocycles. The van der Waals surface area contributed by atoms with Gasteiger partial charge in [0.05, 0.1) is 6.54 Å². The van der Waals surface area contributed by atoms with Gasteiger partial charge in [-0.25, -0.2) is 0 Å². The summed E-state index contributed by atoms with van der Waals surface area (Å²) in [7, 11) is 1.65. The first-order chi connectivity index (χ1) is 12.1. The SMILES string of the molecule is CN=C(NCC(=O)NC(C)(C)C)NCc1ccc(NC(=O)C(C)C)cc1. The summed E-state index contributed by atoms with van der Waals surface area (Å²) in [6.07, 6.45) is 0. The zero-order valence-electron chi connectivity index (χ0n) is 16.6. The van der Waals surface area contributed by atoms with Crippen molar-refractivity contribution in [2.24, 2.45) is 10.9 Å². The second kappa shape index (κ2) is 9.79. The first-order valence-corrected chi connectivity index (χ1v) is 8.76. The summed E-state index contributed by atoms with van der Waals surface area (Å²) in [6, 6.07) is 7.60. The molecule has 0 saturated heterocycles. The van der Waals surface area contributed by atoms with E-state index in [0.29, 0.717) is 12.5 Å². The molecule has 0 bridgehead atoms. The van der Waals surface area contributed by atoms with E-state index in [-0.39, 0.29) is 29.8 Å². The first-order valence-electron chi connectivity index (χ1n) is 8.76. The van der Waals surface area contributed by atoms with E-state index >= 15 is 0 Å². The van der Waals surface area contributed by atoms with E-state index in [9.17, 15) is 9.59 Å². The van der Waals surface area contributed by atoms with Crippen LogP contribution in [0.1, 0.15) is 40.2 Å². The molecule has 0 saturated carbocycles. The van der Waals surface area contributed by atoms with Crippen LogP contribution in [0.4, 0.5) is 5.69 Å². The Labute approximate surface area is 156 Å². The molecule has 7 heteroatoms. The van der Waals surface area contributed by atoms with Crippen molar-refractivity contribution in [2.45, 2.75) is 46.7 Å². The maximum absolute atomic E-state index is 11.8. The molecule has 0 fully saturated rings. The second-order valence-electron chi connectivity index (χ2n) is 7.42. The number of nitrogens with zero attached hydrogens (tertiary/aromatic N) is 1. The van der Waals surface area contributed by atoms with Crippen molar-refractivity contribution in [2.75, 3.05) is 18.9 Å². The quantitative estimate of drug-likeness (QED) is 0.459. The van der Waals surface area contributed by atoms with Crippen molar-refractivity contribution in [1.29, 1.82) is 0 Å². The van der Waals surface area contributed by atoms with Crippen LogP contribution in [0, 0.1) is 5.92 Å². The number of amides is 2. The fourth-order valence-corrected chi connectivity index (χ4v) is 2.03. The van der Waals surface area contributed by atoms with E-state index in [1.54, 1.807) is 7.05 Å². The standard InChI is InChI=1S/C19H31N5O2/c1-13(2)17(26)23-15-9-7-14(8-10-15)11-21-18(20-6)22-12-16(25)24-19(3,4)5/h7-10,13H,11-12H2,1-6H3,(H,23,26)(H,24,25)(H2,20,21,22). The van der Waals surface area contributed by atoms with Gasteiger partial charge in [0.15, 0.2) is 5.96 Å². The first kappa shape index (κ1) is 21.5. The zero-order chi connectivity index (χ0) is 19.7. The molecule has 0 heterocycles. The van der Waals surface area contributed by atoms with E-state index in [0.717, 1.165) is 11.3 Å².